The maximum Gasteiger partial charge on any atom is 0.261 e. The molecular weight excluding hydrogens is 435 g/mol. The molecule has 1 aromatic heterocycles. The van der Waals surface area contributed by atoms with Gasteiger partial charge in [0.15, 0.2) is 11.5 Å². The van der Waals surface area contributed by atoms with Gasteiger partial charge in [0, 0.05) is 24.1 Å². The Hall–Kier alpha value is -3.46. The fourth-order valence-corrected chi connectivity index (χ4v) is 4.74. The molecule has 2 aromatic carbocycles. The van der Waals surface area contributed by atoms with Crippen LogP contribution in [0.15, 0.2) is 54.0 Å². The number of carbonyl (C=O) groups excluding carboxylic acids is 1. The summed E-state index contributed by atoms with van der Waals surface area (Å²) in [6, 6.07) is 9.65. The van der Waals surface area contributed by atoms with E-state index >= 15 is 0 Å². The highest BCUT2D eigenvalue weighted by atomic mass is 35.5. The van der Waals surface area contributed by atoms with Crippen molar-refractivity contribution in [3.8, 4) is 16.9 Å². The maximum atomic E-state index is 14.0. The zero-order valence-electron chi connectivity index (χ0n) is 17.4. The van der Waals surface area contributed by atoms with Crippen LogP contribution in [0.25, 0.3) is 11.1 Å². The standard InChI is InChI=1S/C22H20ClFN6O2/c1-21(10-30-12-26-11-27-30)9-22(19(31)29(2)20(25)28-22)17-7-13(3-4-18(17)32-21)14-5-15(23)8-16(24)6-14/h3-8,11-12H,9-10H2,1-2H3,(H2,25,28)/t21-,22+/m0/s1. The molecule has 0 radical (unpaired) electrons. The zero-order valence-corrected chi connectivity index (χ0v) is 18.2. The normalized spacial score (nSPS) is 24.4. The van der Waals surface area contributed by atoms with Crippen molar-refractivity contribution in [2.75, 3.05) is 7.05 Å². The summed E-state index contributed by atoms with van der Waals surface area (Å²) >= 11 is 6.05. The molecule has 2 aliphatic heterocycles. The summed E-state index contributed by atoms with van der Waals surface area (Å²) in [6.07, 6.45) is 3.27. The molecule has 1 amide bonds. The predicted molar refractivity (Wildman–Crippen MR) is 117 cm³/mol. The first-order valence-corrected chi connectivity index (χ1v) is 10.3. The molecule has 32 heavy (non-hydrogen) atoms. The first-order chi connectivity index (χ1) is 15.2. The molecule has 0 unspecified atom stereocenters. The average molecular weight is 455 g/mol. The number of amides is 1. The number of rotatable bonds is 3. The van der Waals surface area contributed by atoms with Crippen molar-refractivity contribution in [2.24, 2.45) is 10.7 Å². The highest BCUT2D eigenvalue weighted by Gasteiger charge is 2.57. The van der Waals surface area contributed by atoms with Gasteiger partial charge in [-0.3, -0.25) is 9.69 Å². The summed E-state index contributed by atoms with van der Waals surface area (Å²) in [5.74, 6) is -0.0650. The van der Waals surface area contributed by atoms with Crippen LogP contribution < -0.4 is 10.5 Å². The number of likely N-dealkylation sites (N-methyl/N-ethyl adjacent to an activating group) is 1. The van der Waals surface area contributed by atoms with Crippen molar-refractivity contribution < 1.29 is 13.9 Å². The molecule has 5 rings (SSSR count). The third-order valence-electron chi connectivity index (χ3n) is 5.88. The van der Waals surface area contributed by atoms with Crippen molar-refractivity contribution >= 4 is 23.5 Å². The average Bonchev–Trinajstić information content (AvgIpc) is 3.30. The van der Waals surface area contributed by atoms with Crippen LogP contribution in [0.4, 0.5) is 4.39 Å². The van der Waals surface area contributed by atoms with Crippen molar-refractivity contribution in [3.05, 3.63) is 65.5 Å². The number of hydrogen-bond acceptors (Lipinski definition) is 6. The van der Waals surface area contributed by atoms with Crippen LogP contribution in [-0.2, 0) is 16.9 Å². The molecule has 0 aliphatic carbocycles. The fraction of sp³-hybridized carbons (Fsp3) is 0.273. The Labute approximate surface area is 188 Å². The molecule has 1 spiro atoms. The van der Waals surface area contributed by atoms with Gasteiger partial charge < -0.3 is 10.5 Å². The lowest BCUT2D eigenvalue weighted by Gasteiger charge is -2.43. The van der Waals surface area contributed by atoms with Gasteiger partial charge >= 0.3 is 0 Å². The lowest BCUT2D eigenvalue weighted by molar-refractivity contribution is -0.134. The molecule has 0 saturated heterocycles. The fourth-order valence-electron chi connectivity index (χ4n) is 4.52. The molecule has 164 valence electrons. The van der Waals surface area contributed by atoms with E-state index < -0.39 is 17.0 Å². The van der Waals surface area contributed by atoms with E-state index in [2.05, 4.69) is 15.1 Å². The molecule has 0 bridgehead atoms. The summed E-state index contributed by atoms with van der Waals surface area (Å²) in [5.41, 5.74) is 5.83. The summed E-state index contributed by atoms with van der Waals surface area (Å²) in [4.78, 5) is 23.4. The number of halogens is 2. The Morgan fingerprint density at radius 2 is 2.06 bits per heavy atom. The number of nitrogens with two attached hydrogens (primary N) is 1. The Kier molecular flexibility index (Phi) is 4.49. The SMILES string of the molecule is CN1C(=O)[C@]2(C[C@@](C)(Cn3cncn3)Oc3ccc(-c4cc(F)cc(Cl)c4)cc32)N=C1N. The van der Waals surface area contributed by atoms with Gasteiger partial charge in [-0.1, -0.05) is 17.7 Å². The second-order valence-corrected chi connectivity index (χ2v) is 8.82. The number of fused-ring (bicyclic) bond motifs is 2. The molecular formula is C22H20ClFN6O2. The quantitative estimate of drug-likeness (QED) is 0.656. The highest BCUT2D eigenvalue weighted by molar-refractivity contribution is 6.30. The van der Waals surface area contributed by atoms with Gasteiger partial charge in [0.2, 0.25) is 0 Å². The number of carbonyl (C=O) groups is 1. The van der Waals surface area contributed by atoms with Gasteiger partial charge in [-0.05, 0) is 48.4 Å². The highest BCUT2D eigenvalue weighted by Crippen LogP contribution is 2.50. The van der Waals surface area contributed by atoms with Gasteiger partial charge in [-0.25, -0.2) is 19.0 Å². The number of guanidine groups is 1. The third kappa shape index (κ3) is 3.20. The van der Waals surface area contributed by atoms with E-state index in [0.29, 0.717) is 29.0 Å². The molecule has 8 nitrogen and oxygen atoms in total. The number of nitrogens with zero attached hydrogens (tertiary/aromatic N) is 5. The van der Waals surface area contributed by atoms with Gasteiger partial charge in [-0.2, -0.15) is 5.10 Å². The van der Waals surface area contributed by atoms with Gasteiger partial charge in [-0.15, -0.1) is 0 Å². The lowest BCUT2D eigenvalue weighted by Crippen LogP contribution is -2.52. The van der Waals surface area contributed by atoms with Crippen LogP contribution in [0.2, 0.25) is 5.02 Å². The molecule has 2 N–H and O–H groups in total. The Bertz CT molecular complexity index is 1240. The largest absolute Gasteiger partial charge is 0.485 e. The number of aromatic nitrogens is 3. The second-order valence-electron chi connectivity index (χ2n) is 8.39. The maximum absolute atomic E-state index is 14.0. The minimum atomic E-state index is -1.27. The molecule has 3 aromatic rings. The molecule has 0 fully saturated rings. The zero-order chi connectivity index (χ0) is 22.7. The van der Waals surface area contributed by atoms with Crippen molar-refractivity contribution in [3.63, 3.8) is 0 Å². The first-order valence-electron chi connectivity index (χ1n) is 9.95. The minimum absolute atomic E-state index is 0.130. The van der Waals surface area contributed by atoms with E-state index in [-0.39, 0.29) is 23.3 Å². The summed E-state index contributed by atoms with van der Waals surface area (Å²) in [7, 11) is 1.59. The smallest absolute Gasteiger partial charge is 0.261 e. The molecule has 2 atom stereocenters. The van der Waals surface area contributed by atoms with E-state index in [1.54, 1.807) is 42.3 Å². The van der Waals surface area contributed by atoms with Crippen LogP contribution in [0.3, 0.4) is 0 Å². The number of hydrogen-bond donors (Lipinski definition) is 1. The molecule has 2 aliphatic rings. The van der Waals surface area contributed by atoms with Crippen LogP contribution in [-0.4, -0.2) is 44.2 Å². The third-order valence-corrected chi connectivity index (χ3v) is 6.10. The summed E-state index contributed by atoms with van der Waals surface area (Å²) in [5, 5.41) is 4.45. The molecule has 10 heteroatoms. The lowest BCUT2D eigenvalue weighted by atomic mass is 9.76. The van der Waals surface area contributed by atoms with E-state index in [1.807, 2.05) is 6.92 Å². The monoisotopic (exact) mass is 454 g/mol. The van der Waals surface area contributed by atoms with Gasteiger partial charge in [0.05, 0.1) is 6.54 Å². The van der Waals surface area contributed by atoms with Crippen LogP contribution in [0.1, 0.15) is 18.9 Å². The summed E-state index contributed by atoms with van der Waals surface area (Å²) in [6.45, 7) is 2.26. The molecule has 0 saturated carbocycles. The molecule has 3 heterocycles. The minimum Gasteiger partial charge on any atom is -0.485 e. The van der Waals surface area contributed by atoms with E-state index in [0.717, 1.165) is 0 Å². The van der Waals surface area contributed by atoms with E-state index in [9.17, 15) is 9.18 Å². The predicted octanol–water partition coefficient (Wildman–Crippen LogP) is 2.96. The Morgan fingerprint density at radius 3 is 2.72 bits per heavy atom. The summed E-state index contributed by atoms with van der Waals surface area (Å²) < 4.78 is 22.0. The van der Waals surface area contributed by atoms with E-state index in [4.69, 9.17) is 22.1 Å². The van der Waals surface area contributed by atoms with Crippen LogP contribution >= 0.6 is 11.6 Å². The topological polar surface area (TPSA) is 98.6 Å². The van der Waals surface area contributed by atoms with Crippen molar-refractivity contribution in [1.29, 1.82) is 0 Å². The Balaban J connectivity index is 1.66. The Morgan fingerprint density at radius 1 is 1.25 bits per heavy atom. The van der Waals surface area contributed by atoms with Gasteiger partial charge in [0.25, 0.3) is 5.91 Å². The van der Waals surface area contributed by atoms with Crippen molar-refractivity contribution in [2.45, 2.75) is 31.0 Å². The first kappa shape index (κ1) is 20.4. The van der Waals surface area contributed by atoms with Crippen molar-refractivity contribution in [1.82, 2.24) is 19.7 Å². The van der Waals surface area contributed by atoms with Crippen LogP contribution in [0, 0.1) is 5.82 Å². The number of aliphatic imine (C=N–C) groups is 1. The van der Waals surface area contributed by atoms with Crippen LogP contribution in [0.5, 0.6) is 5.75 Å². The van der Waals surface area contributed by atoms with E-state index in [1.165, 1.54) is 23.4 Å². The van der Waals surface area contributed by atoms with Gasteiger partial charge in [0.1, 0.15) is 29.8 Å². The number of ether oxygens (including phenoxy) is 1. The number of benzene rings is 2. The second kappa shape index (κ2) is 7.03.